The summed E-state index contributed by atoms with van der Waals surface area (Å²) in [4.78, 5) is 14.7. The number of imidazole rings is 1. The summed E-state index contributed by atoms with van der Waals surface area (Å²) in [6.45, 7) is 9.44. The average Bonchev–Trinajstić information content (AvgIpc) is 3.09. The van der Waals surface area contributed by atoms with E-state index in [4.69, 9.17) is 4.74 Å². The van der Waals surface area contributed by atoms with Gasteiger partial charge in [0.2, 0.25) is 0 Å². The molecule has 3 rings (SSSR count). The molecule has 0 aliphatic carbocycles. The molecule has 8 nitrogen and oxygen atoms in total. The zero-order valence-corrected chi connectivity index (χ0v) is 16.9. The van der Waals surface area contributed by atoms with Crippen LogP contribution in [0, 0.1) is 0 Å². The SMILES string of the molecule is CCNC(=NCC(C)(O)CN1CCOCC1)NCCc1nc2ccccc2[nH]1. The van der Waals surface area contributed by atoms with Crippen LogP contribution in [0.5, 0.6) is 0 Å². The van der Waals surface area contributed by atoms with Gasteiger partial charge in [-0.05, 0) is 26.0 Å². The fourth-order valence-corrected chi connectivity index (χ4v) is 3.31. The van der Waals surface area contributed by atoms with Crippen LogP contribution in [-0.2, 0) is 11.2 Å². The van der Waals surface area contributed by atoms with Crippen molar-refractivity contribution in [3.63, 3.8) is 0 Å². The Balaban J connectivity index is 1.49. The van der Waals surface area contributed by atoms with Crippen LogP contribution in [0.2, 0.25) is 0 Å². The molecular formula is C20H32N6O2. The Kier molecular flexibility index (Phi) is 7.24. The van der Waals surface area contributed by atoms with Crippen LogP contribution in [-0.4, -0.2) is 84.0 Å². The number of guanidine groups is 1. The topological polar surface area (TPSA) is 97.8 Å². The lowest BCUT2D eigenvalue weighted by atomic mass is 10.1. The summed E-state index contributed by atoms with van der Waals surface area (Å²) >= 11 is 0. The predicted molar refractivity (Wildman–Crippen MR) is 112 cm³/mol. The van der Waals surface area contributed by atoms with Gasteiger partial charge in [-0.2, -0.15) is 0 Å². The summed E-state index contributed by atoms with van der Waals surface area (Å²) in [6.07, 6.45) is 0.767. The molecule has 0 amide bonds. The smallest absolute Gasteiger partial charge is 0.191 e. The summed E-state index contributed by atoms with van der Waals surface area (Å²) < 4.78 is 5.37. The predicted octanol–water partition coefficient (Wildman–Crippen LogP) is 0.744. The van der Waals surface area contributed by atoms with Crippen molar-refractivity contribution in [3.05, 3.63) is 30.1 Å². The number of ether oxygens (including phenoxy) is 1. The minimum absolute atomic E-state index is 0.338. The molecule has 2 heterocycles. The molecule has 1 aliphatic rings. The van der Waals surface area contributed by atoms with Crippen LogP contribution in [0.4, 0.5) is 0 Å². The largest absolute Gasteiger partial charge is 0.387 e. The zero-order chi connectivity index (χ0) is 19.8. The number of aliphatic hydroxyl groups is 1. The van der Waals surface area contributed by atoms with E-state index in [0.29, 0.717) is 25.6 Å². The Labute approximate surface area is 166 Å². The van der Waals surface area contributed by atoms with Gasteiger partial charge in [0.1, 0.15) is 5.82 Å². The summed E-state index contributed by atoms with van der Waals surface area (Å²) in [5.74, 6) is 1.66. The second kappa shape index (κ2) is 9.86. The van der Waals surface area contributed by atoms with Gasteiger partial charge >= 0.3 is 0 Å². The van der Waals surface area contributed by atoms with E-state index >= 15 is 0 Å². The summed E-state index contributed by atoms with van der Waals surface area (Å²) in [6, 6.07) is 8.03. The molecule has 1 saturated heterocycles. The van der Waals surface area contributed by atoms with Gasteiger partial charge in [-0.25, -0.2) is 4.98 Å². The molecule has 8 heteroatoms. The third-order valence-corrected chi connectivity index (χ3v) is 4.68. The highest BCUT2D eigenvalue weighted by molar-refractivity contribution is 5.79. The molecule has 2 aromatic rings. The number of β-amino-alcohol motifs (C(OH)–C–C–N with tert-alkyl or cyclic N) is 1. The number of rotatable bonds is 8. The van der Waals surface area contributed by atoms with E-state index in [1.54, 1.807) is 0 Å². The van der Waals surface area contributed by atoms with Crippen molar-refractivity contribution in [1.82, 2.24) is 25.5 Å². The van der Waals surface area contributed by atoms with Crippen molar-refractivity contribution in [3.8, 4) is 0 Å². The second-order valence-electron chi connectivity index (χ2n) is 7.46. The van der Waals surface area contributed by atoms with E-state index in [0.717, 1.165) is 56.1 Å². The molecule has 1 aliphatic heterocycles. The number of fused-ring (bicyclic) bond motifs is 1. The van der Waals surface area contributed by atoms with Crippen molar-refractivity contribution >= 4 is 17.0 Å². The van der Waals surface area contributed by atoms with Crippen LogP contribution in [0.3, 0.4) is 0 Å². The lowest BCUT2D eigenvalue weighted by Gasteiger charge is -2.33. The van der Waals surface area contributed by atoms with Gasteiger partial charge in [-0.3, -0.25) is 9.89 Å². The van der Waals surface area contributed by atoms with Crippen LogP contribution in [0.15, 0.2) is 29.3 Å². The Morgan fingerprint density at radius 2 is 2.11 bits per heavy atom. The van der Waals surface area contributed by atoms with Crippen LogP contribution < -0.4 is 10.6 Å². The first-order chi connectivity index (χ1) is 13.6. The molecule has 1 unspecified atom stereocenters. The lowest BCUT2D eigenvalue weighted by Crippen LogP contribution is -2.48. The molecule has 154 valence electrons. The minimum Gasteiger partial charge on any atom is -0.387 e. The van der Waals surface area contributed by atoms with Gasteiger partial charge in [-0.15, -0.1) is 0 Å². The van der Waals surface area contributed by atoms with Gasteiger partial charge < -0.3 is 25.5 Å². The first-order valence-corrected chi connectivity index (χ1v) is 10.0. The Morgan fingerprint density at radius 3 is 2.86 bits per heavy atom. The van der Waals surface area contributed by atoms with Gasteiger partial charge in [0.15, 0.2) is 5.96 Å². The maximum atomic E-state index is 10.7. The van der Waals surface area contributed by atoms with Gasteiger partial charge in [0.05, 0.1) is 36.4 Å². The normalized spacial score (nSPS) is 18.2. The maximum absolute atomic E-state index is 10.7. The van der Waals surface area contributed by atoms with E-state index in [-0.39, 0.29) is 0 Å². The van der Waals surface area contributed by atoms with Crippen molar-refractivity contribution in [1.29, 1.82) is 0 Å². The third kappa shape index (κ3) is 6.19. The van der Waals surface area contributed by atoms with E-state index in [1.165, 1.54) is 0 Å². The molecule has 1 aromatic heterocycles. The Morgan fingerprint density at radius 1 is 1.32 bits per heavy atom. The summed E-state index contributed by atoms with van der Waals surface area (Å²) in [5, 5.41) is 17.3. The zero-order valence-electron chi connectivity index (χ0n) is 16.9. The number of nitrogens with one attached hydrogen (secondary N) is 3. The Hall–Kier alpha value is -2.16. The Bertz CT molecular complexity index is 734. The van der Waals surface area contributed by atoms with Gasteiger partial charge in [0.25, 0.3) is 0 Å². The highest BCUT2D eigenvalue weighted by Crippen LogP contribution is 2.11. The van der Waals surface area contributed by atoms with Gasteiger partial charge in [-0.1, -0.05) is 12.1 Å². The number of aromatic amines is 1. The first kappa shape index (κ1) is 20.6. The van der Waals surface area contributed by atoms with E-state index in [1.807, 2.05) is 38.1 Å². The van der Waals surface area contributed by atoms with E-state index < -0.39 is 5.60 Å². The molecule has 0 bridgehead atoms. The van der Waals surface area contributed by atoms with Crippen LogP contribution in [0.25, 0.3) is 11.0 Å². The number of benzene rings is 1. The number of hydrogen-bond acceptors (Lipinski definition) is 5. The molecule has 1 aromatic carbocycles. The van der Waals surface area contributed by atoms with Crippen LogP contribution in [0.1, 0.15) is 19.7 Å². The number of H-pyrrole nitrogens is 1. The number of aromatic nitrogens is 2. The van der Waals surface area contributed by atoms with Crippen molar-refractivity contribution in [2.75, 3.05) is 52.5 Å². The number of para-hydroxylation sites is 2. The fourth-order valence-electron chi connectivity index (χ4n) is 3.31. The quantitative estimate of drug-likeness (QED) is 0.393. The molecular weight excluding hydrogens is 356 g/mol. The molecule has 0 saturated carbocycles. The first-order valence-electron chi connectivity index (χ1n) is 10.0. The average molecular weight is 389 g/mol. The molecule has 4 N–H and O–H groups in total. The highest BCUT2D eigenvalue weighted by atomic mass is 16.5. The second-order valence-corrected chi connectivity index (χ2v) is 7.46. The monoisotopic (exact) mass is 388 g/mol. The molecule has 1 fully saturated rings. The minimum atomic E-state index is -0.877. The van der Waals surface area contributed by atoms with Gasteiger partial charge in [0, 0.05) is 39.1 Å². The van der Waals surface area contributed by atoms with Crippen LogP contribution >= 0.6 is 0 Å². The number of nitrogens with zero attached hydrogens (tertiary/aromatic N) is 3. The third-order valence-electron chi connectivity index (χ3n) is 4.68. The lowest BCUT2D eigenvalue weighted by molar-refractivity contribution is -0.0179. The standard InChI is InChI=1S/C20H32N6O2/c1-3-21-19(23-14-20(2,27)15-26-10-12-28-13-11-26)22-9-8-18-24-16-6-4-5-7-17(16)25-18/h4-7,27H,3,8-15H2,1-2H3,(H,24,25)(H2,21,22,23). The summed E-state index contributed by atoms with van der Waals surface area (Å²) in [7, 11) is 0. The highest BCUT2D eigenvalue weighted by Gasteiger charge is 2.25. The summed E-state index contributed by atoms with van der Waals surface area (Å²) in [5.41, 5.74) is 1.16. The van der Waals surface area contributed by atoms with E-state index in [9.17, 15) is 5.11 Å². The maximum Gasteiger partial charge on any atom is 0.191 e. The fraction of sp³-hybridized carbons (Fsp3) is 0.600. The molecule has 0 spiro atoms. The molecule has 1 atom stereocenters. The molecule has 0 radical (unpaired) electrons. The van der Waals surface area contributed by atoms with Crippen molar-refractivity contribution < 1.29 is 9.84 Å². The van der Waals surface area contributed by atoms with Crippen molar-refractivity contribution in [2.45, 2.75) is 25.9 Å². The molecule has 28 heavy (non-hydrogen) atoms. The number of hydrogen-bond donors (Lipinski definition) is 4. The number of morpholine rings is 1. The van der Waals surface area contributed by atoms with E-state index in [2.05, 4.69) is 30.5 Å². The van der Waals surface area contributed by atoms with Crippen molar-refractivity contribution in [2.24, 2.45) is 4.99 Å². The number of aliphatic imine (C=N–C) groups is 1.